The molecular weight excluding hydrogens is 484 g/mol. The number of nitrogens with two attached hydrogens (primary N) is 1. The molecule has 3 aromatic rings. The van der Waals surface area contributed by atoms with Gasteiger partial charge in [0.25, 0.3) is 0 Å². The van der Waals surface area contributed by atoms with Crippen LogP contribution in [0, 0.1) is 17.8 Å². The van der Waals surface area contributed by atoms with Crippen LogP contribution in [-0.4, -0.2) is 71.1 Å². The zero-order chi connectivity index (χ0) is 26.6. The van der Waals surface area contributed by atoms with Gasteiger partial charge in [-0.2, -0.15) is 10.1 Å². The van der Waals surface area contributed by atoms with Crippen molar-refractivity contribution in [2.24, 2.45) is 5.92 Å². The average molecular weight is 517 g/mol. The summed E-state index contributed by atoms with van der Waals surface area (Å²) in [7, 11) is 3.09. The first-order valence-corrected chi connectivity index (χ1v) is 12.8. The quantitative estimate of drug-likeness (QED) is 0.393. The minimum atomic E-state index is -0.0758. The third kappa shape index (κ3) is 5.15. The summed E-state index contributed by atoms with van der Waals surface area (Å²) in [4.78, 5) is 22.9. The lowest BCUT2D eigenvalue weighted by atomic mass is 9.92. The zero-order valence-corrected chi connectivity index (χ0v) is 21.8. The first-order valence-electron chi connectivity index (χ1n) is 12.8. The molecule has 2 saturated heterocycles. The van der Waals surface area contributed by atoms with E-state index in [0.717, 1.165) is 55.4 Å². The topological polar surface area (TPSA) is 118 Å². The van der Waals surface area contributed by atoms with Crippen LogP contribution in [0.15, 0.2) is 31.0 Å². The number of nitrogen functional groups attached to an aromatic ring is 1. The summed E-state index contributed by atoms with van der Waals surface area (Å²) in [5, 5.41) is 5.70. The number of amides is 1. The molecule has 0 aliphatic carbocycles. The number of anilines is 1. The highest BCUT2D eigenvalue weighted by atomic mass is 16.5. The molecule has 0 bridgehead atoms. The molecule has 10 heteroatoms. The van der Waals surface area contributed by atoms with Crippen LogP contribution in [0.3, 0.4) is 0 Å². The molecule has 0 spiro atoms. The van der Waals surface area contributed by atoms with Gasteiger partial charge in [-0.1, -0.05) is 12.5 Å². The number of likely N-dealkylation sites (tertiary alicyclic amines) is 1. The number of nitrogens with zero attached hydrogens (tertiary/aromatic N) is 5. The normalized spacial score (nSPS) is 17.7. The van der Waals surface area contributed by atoms with Crippen LogP contribution >= 0.6 is 0 Å². The number of hydrogen-bond acceptors (Lipinski definition) is 8. The zero-order valence-electron chi connectivity index (χ0n) is 21.8. The second-order valence-corrected chi connectivity index (χ2v) is 9.57. The van der Waals surface area contributed by atoms with Crippen molar-refractivity contribution in [3.63, 3.8) is 0 Å². The van der Waals surface area contributed by atoms with Crippen LogP contribution < -0.4 is 15.2 Å². The SMILES string of the molecule is C=CC(=O)N1CC[C@H](n2nc(C#Cc3cc(OC)nc(OC)c3)c3c(N)ncc(CC4CCOCC4)c32)C1. The highest BCUT2D eigenvalue weighted by Gasteiger charge is 2.30. The van der Waals surface area contributed by atoms with E-state index in [-0.39, 0.29) is 11.9 Å². The summed E-state index contributed by atoms with van der Waals surface area (Å²) in [6, 6.07) is 3.47. The average Bonchev–Trinajstić information content (AvgIpc) is 3.59. The van der Waals surface area contributed by atoms with Gasteiger partial charge in [-0.25, -0.2) is 4.98 Å². The van der Waals surface area contributed by atoms with E-state index < -0.39 is 0 Å². The lowest BCUT2D eigenvalue weighted by Gasteiger charge is -2.23. The molecule has 2 fully saturated rings. The monoisotopic (exact) mass is 516 g/mol. The lowest BCUT2D eigenvalue weighted by Crippen LogP contribution is -2.27. The van der Waals surface area contributed by atoms with Gasteiger partial charge in [0.1, 0.15) is 11.5 Å². The van der Waals surface area contributed by atoms with Crippen LogP contribution in [0.4, 0.5) is 5.82 Å². The molecule has 198 valence electrons. The summed E-state index contributed by atoms with van der Waals surface area (Å²) in [6.07, 6.45) is 6.86. The van der Waals surface area contributed by atoms with Gasteiger partial charge in [0.05, 0.1) is 31.2 Å². The molecule has 0 saturated carbocycles. The molecule has 2 aliphatic rings. The van der Waals surface area contributed by atoms with Gasteiger partial charge < -0.3 is 24.8 Å². The number of carbonyl (C=O) groups is 1. The van der Waals surface area contributed by atoms with E-state index in [9.17, 15) is 4.79 Å². The molecule has 0 radical (unpaired) electrons. The van der Waals surface area contributed by atoms with Crippen molar-refractivity contribution in [1.29, 1.82) is 0 Å². The first-order chi connectivity index (χ1) is 18.5. The molecule has 1 atom stereocenters. The molecule has 0 unspecified atom stereocenters. The summed E-state index contributed by atoms with van der Waals surface area (Å²) < 4.78 is 18.1. The van der Waals surface area contributed by atoms with Crippen LogP contribution in [0.5, 0.6) is 11.8 Å². The highest BCUT2D eigenvalue weighted by molar-refractivity contribution is 5.95. The Balaban J connectivity index is 1.60. The molecule has 2 N–H and O–H groups in total. The summed E-state index contributed by atoms with van der Waals surface area (Å²) in [5.74, 6) is 7.99. The number of fused-ring (bicyclic) bond motifs is 1. The van der Waals surface area contributed by atoms with Crippen molar-refractivity contribution in [3.8, 4) is 23.6 Å². The van der Waals surface area contributed by atoms with Gasteiger partial charge in [0.2, 0.25) is 17.7 Å². The van der Waals surface area contributed by atoms with Gasteiger partial charge in [0, 0.05) is 50.2 Å². The molecule has 3 aromatic heterocycles. The number of aromatic nitrogens is 4. The van der Waals surface area contributed by atoms with E-state index in [1.54, 1.807) is 31.3 Å². The van der Waals surface area contributed by atoms with Gasteiger partial charge in [-0.15, -0.1) is 0 Å². The Morgan fingerprint density at radius 1 is 1.21 bits per heavy atom. The lowest BCUT2D eigenvalue weighted by molar-refractivity contribution is -0.125. The van der Waals surface area contributed by atoms with Crippen molar-refractivity contribution >= 4 is 22.6 Å². The molecule has 38 heavy (non-hydrogen) atoms. The summed E-state index contributed by atoms with van der Waals surface area (Å²) >= 11 is 0. The molecule has 0 aromatic carbocycles. The predicted octanol–water partition coefficient (Wildman–Crippen LogP) is 2.75. The van der Waals surface area contributed by atoms with Crippen LogP contribution in [-0.2, 0) is 16.0 Å². The van der Waals surface area contributed by atoms with Crippen LogP contribution in [0.2, 0.25) is 0 Å². The second kappa shape index (κ2) is 11.1. The number of hydrogen-bond donors (Lipinski definition) is 1. The number of ether oxygens (including phenoxy) is 3. The van der Waals surface area contributed by atoms with E-state index in [4.69, 9.17) is 25.0 Å². The Kier molecular flexibility index (Phi) is 7.47. The Morgan fingerprint density at radius 3 is 2.63 bits per heavy atom. The van der Waals surface area contributed by atoms with E-state index >= 15 is 0 Å². The summed E-state index contributed by atoms with van der Waals surface area (Å²) in [5.41, 5.74) is 9.69. The predicted molar refractivity (Wildman–Crippen MR) is 143 cm³/mol. The van der Waals surface area contributed by atoms with Gasteiger partial charge >= 0.3 is 0 Å². The first kappa shape index (κ1) is 25.5. The fraction of sp³-hybridized carbons (Fsp3) is 0.429. The molecule has 2 aliphatic heterocycles. The number of carbonyl (C=O) groups excluding carboxylic acids is 1. The number of rotatable bonds is 6. The smallest absolute Gasteiger partial charge is 0.246 e. The van der Waals surface area contributed by atoms with E-state index in [2.05, 4.69) is 28.4 Å². The third-order valence-electron chi connectivity index (χ3n) is 7.20. The molecular formula is C28H32N6O4. The Labute approximate surface area is 221 Å². The minimum Gasteiger partial charge on any atom is -0.481 e. The van der Waals surface area contributed by atoms with Crippen molar-refractivity contribution in [3.05, 3.63) is 47.8 Å². The maximum Gasteiger partial charge on any atom is 0.246 e. The molecule has 1 amide bonds. The number of methoxy groups -OCH3 is 2. The van der Waals surface area contributed by atoms with E-state index in [0.29, 0.717) is 47.8 Å². The highest BCUT2D eigenvalue weighted by Crippen LogP contribution is 2.34. The Morgan fingerprint density at radius 2 is 1.95 bits per heavy atom. The maximum absolute atomic E-state index is 12.3. The fourth-order valence-corrected chi connectivity index (χ4v) is 5.18. The molecule has 5 heterocycles. The van der Waals surface area contributed by atoms with Crippen LogP contribution in [0.1, 0.15) is 42.1 Å². The molecule has 10 nitrogen and oxygen atoms in total. The minimum absolute atomic E-state index is 0.00620. The van der Waals surface area contributed by atoms with E-state index in [1.807, 2.05) is 10.9 Å². The van der Waals surface area contributed by atoms with E-state index in [1.165, 1.54) is 6.08 Å². The second-order valence-electron chi connectivity index (χ2n) is 9.57. The Bertz CT molecular complexity index is 1390. The summed E-state index contributed by atoms with van der Waals surface area (Å²) in [6.45, 7) is 6.37. The van der Waals surface area contributed by atoms with Crippen molar-refractivity contribution in [2.45, 2.75) is 31.7 Å². The van der Waals surface area contributed by atoms with Crippen molar-refractivity contribution in [2.75, 3.05) is 46.3 Å². The Hall–Kier alpha value is -4.10. The number of pyridine rings is 2. The fourth-order valence-electron chi connectivity index (χ4n) is 5.18. The maximum atomic E-state index is 12.3. The standard InChI is InChI=1S/C28H32N6O4/c1-4-25(35)33-10-7-21(17-33)34-27-20(13-18-8-11-38-12-9-18)16-30-28(29)26(27)22(32-34)6-5-19-14-23(36-2)31-24(15-19)37-3/h4,14-16,18,21H,1,7-13,17H2,2-3H3,(H2,29,30)/t21-/m0/s1. The van der Waals surface area contributed by atoms with Gasteiger partial charge in [-0.05, 0) is 49.2 Å². The van der Waals surface area contributed by atoms with Gasteiger partial charge in [0.15, 0.2) is 0 Å². The molecule has 5 rings (SSSR count). The van der Waals surface area contributed by atoms with Gasteiger partial charge in [-0.3, -0.25) is 9.48 Å². The van der Waals surface area contributed by atoms with Crippen molar-refractivity contribution in [1.82, 2.24) is 24.6 Å². The largest absolute Gasteiger partial charge is 0.481 e. The third-order valence-corrected chi connectivity index (χ3v) is 7.20. The van der Waals surface area contributed by atoms with Crippen molar-refractivity contribution < 1.29 is 19.0 Å². The van der Waals surface area contributed by atoms with Crippen LogP contribution in [0.25, 0.3) is 10.9 Å².